The number of benzene rings is 1. The molecular weight excluding hydrogens is 310 g/mol. The van der Waals surface area contributed by atoms with Crippen LogP contribution in [0.3, 0.4) is 0 Å². The zero-order valence-electron chi connectivity index (χ0n) is 13.7. The number of aryl methyl sites for hydroxylation is 1. The summed E-state index contributed by atoms with van der Waals surface area (Å²) < 4.78 is 11.3. The minimum atomic E-state index is -0.221. The van der Waals surface area contributed by atoms with Gasteiger partial charge in [0, 0.05) is 12.3 Å². The lowest BCUT2D eigenvalue weighted by Crippen LogP contribution is -2.50. The van der Waals surface area contributed by atoms with Crippen LogP contribution in [-0.4, -0.2) is 48.7 Å². The minimum absolute atomic E-state index is 0.0957. The van der Waals surface area contributed by atoms with Gasteiger partial charge < -0.3 is 14.4 Å². The molecule has 1 atom stereocenters. The summed E-state index contributed by atoms with van der Waals surface area (Å²) in [7, 11) is 0. The Bertz CT molecular complexity index is 531. The second kappa shape index (κ2) is 8.18. The van der Waals surface area contributed by atoms with Crippen molar-refractivity contribution in [3.8, 4) is 0 Å². The van der Waals surface area contributed by atoms with Gasteiger partial charge in [0.2, 0.25) is 5.91 Å². The monoisotopic (exact) mass is 335 g/mol. The molecule has 4 nitrogen and oxygen atoms in total. The van der Waals surface area contributed by atoms with Crippen molar-refractivity contribution in [3.05, 3.63) is 35.4 Å². The van der Waals surface area contributed by atoms with E-state index in [0.29, 0.717) is 19.0 Å². The van der Waals surface area contributed by atoms with Crippen molar-refractivity contribution in [1.82, 2.24) is 4.90 Å². The van der Waals surface area contributed by atoms with Gasteiger partial charge in [-0.1, -0.05) is 29.8 Å². The fraction of sp³-hybridized carbons (Fsp3) is 0.611. The number of hydrogen-bond donors (Lipinski definition) is 0. The number of hydrogen-bond acceptors (Lipinski definition) is 4. The average Bonchev–Trinajstić information content (AvgIpc) is 3.09. The zero-order chi connectivity index (χ0) is 16.1. The van der Waals surface area contributed by atoms with E-state index in [4.69, 9.17) is 9.47 Å². The molecule has 3 rings (SSSR count). The summed E-state index contributed by atoms with van der Waals surface area (Å²) in [6.07, 6.45) is 2.99. The standard InChI is InChI=1S/C18H25NO3S/c1-14-5-4-6-15(11-14)12-23-13-17(20)19-8-3-2-7-16(19)18-21-9-10-22-18/h4-6,11,16,18H,2-3,7-10,12-13H2,1H3. The third-order valence-corrected chi connectivity index (χ3v) is 5.40. The molecule has 23 heavy (non-hydrogen) atoms. The van der Waals surface area contributed by atoms with Crippen LogP contribution in [0.1, 0.15) is 30.4 Å². The van der Waals surface area contributed by atoms with Crippen molar-refractivity contribution in [2.24, 2.45) is 0 Å². The quantitative estimate of drug-likeness (QED) is 0.829. The second-order valence-electron chi connectivity index (χ2n) is 6.24. The lowest BCUT2D eigenvalue weighted by Gasteiger charge is -2.38. The molecule has 126 valence electrons. The highest BCUT2D eigenvalue weighted by Crippen LogP contribution is 2.25. The van der Waals surface area contributed by atoms with Crippen LogP contribution < -0.4 is 0 Å². The molecule has 1 aromatic rings. The van der Waals surface area contributed by atoms with Crippen molar-refractivity contribution in [2.45, 2.75) is 44.3 Å². The highest BCUT2D eigenvalue weighted by atomic mass is 32.2. The van der Waals surface area contributed by atoms with Crippen LogP contribution in [0.5, 0.6) is 0 Å². The normalized spacial score (nSPS) is 22.5. The van der Waals surface area contributed by atoms with Gasteiger partial charge >= 0.3 is 0 Å². The Hall–Kier alpha value is -1.04. The van der Waals surface area contributed by atoms with Gasteiger partial charge in [0.15, 0.2) is 6.29 Å². The number of nitrogens with zero attached hydrogens (tertiary/aromatic N) is 1. The molecule has 1 unspecified atom stereocenters. The zero-order valence-corrected chi connectivity index (χ0v) is 14.5. The van der Waals surface area contributed by atoms with Crippen molar-refractivity contribution in [2.75, 3.05) is 25.5 Å². The summed E-state index contributed by atoms with van der Waals surface area (Å²) >= 11 is 1.69. The SMILES string of the molecule is Cc1cccc(CSCC(=O)N2CCCCC2C2OCCO2)c1. The Labute approximate surface area is 142 Å². The number of likely N-dealkylation sites (tertiary alicyclic amines) is 1. The van der Waals surface area contributed by atoms with Crippen LogP contribution in [0.2, 0.25) is 0 Å². The molecule has 5 heteroatoms. The van der Waals surface area contributed by atoms with Crippen LogP contribution in [0, 0.1) is 6.92 Å². The Morgan fingerprint density at radius 1 is 1.30 bits per heavy atom. The van der Waals surface area contributed by atoms with E-state index >= 15 is 0 Å². The van der Waals surface area contributed by atoms with Crippen LogP contribution in [-0.2, 0) is 20.0 Å². The van der Waals surface area contributed by atoms with Crippen molar-refractivity contribution >= 4 is 17.7 Å². The number of thioether (sulfide) groups is 1. The molecule has 0 bridgehead atoms. The van der Waals surface area contributed by atoms with Crippen LogP contribution >= 0.6 is 11.8 Å². The van der Waals surface area contributed by atoms with Crippen molar-refractivity contribution in [1.29, 1.82) is 0 Å². The van der Waals surface area contributed by atoms with Gasteiger partial charge in [-0.05, 0) is 31.7 Å². The number of carbonyl (C=O) groups excluding carboxylic acids is 1. The van der Waals surface area contributed by atoms with Gasteiger partial charge in [-0.25, -0.2) is 0 Å². The van der Waals surface area contributed by atoms with Crippen LogP contribution in [0.4, 0.5) is 0 Å². The smallest absolute Gasteiger partial charge is 0.233 e. The summed E-state index contributed by atoms with van der Waals surface area (Å²) in [5.74, 6) is 1.62. The maximum absolute atomic E-state index is 12.6. The highest BCUT2D eigenvalue weighted by molar-refractivity contribution is 7.99. The molecule has 1 aromatic carbocycles. The number of rotatable bonds is 5. The Morgan fingerprint density at radius 3 is 2.91 bits per heavy atom. The van der Waals surface area contributed by atoms with Gasteiger partial charge in [-0.15, -0.1) is 11.8 Å². The first kappa shape index (κ1) is 16.8. The Morgan fingerprint density at radius 2 is 2.13 bits per heavy atom. The van der Waals surface area contributed by atoms with Crippen molar-refractivity contribution in [3.63, 3.8) is 0 Å². The van der Waals surface area contributed by atoms with E-state index in [9.17, 15) is 4.79 Å². The molecule has 2 saturated heterocycles. The molecule has 0 N–H and O–H groups in total. The second-order valence-corrected chi connectivity index (χ2v) is 7.23. The summed E-state index contributed by atoms with van der Waals surface area (Å²) in [4.78, 5) is 14.6. The first-order valence-electron chi connectivity index (χ1n) is 8.40. The van der Waals surface area contributed by atoms with Gasteiger partial charge in [0.05, 0.1) is 25.0 Å². The molecule has 0 radical (unpaired) electrons. The predicted molar refractivity (Wildman–Crippen MR) is 92.4 cm³/mol. The lowest BCUT2D eigenvalue weighted by molar-refractivity contribution is -0.148. The van der Waals surface area contributed by atoms with E-state index in [1.165, 1.54) is 11.1 Å². The molecular formula is C18H25NO3S. The van der Waals surface area contributed by atoms with Crippen LogP contribution in [0.25, 0.3) is 0 Å². The van der Waals surface area contributed by atoms with E-state index in [-0.39, 0.29) is 18.2 Å². The largest absolute Gasteiger partial charge is 0.348 e. The van der Waals surface area contributed by atoms with Gasteiger partial charge in [0.1, 0.15) is 0 Å². The van der Waals surface area contributed by atoms with Gasteiger partial charge in [-0.2, -0.15) is 0 Å². The maximum Gasteiger partial charge on any atom is 0.233 e. The third-order valence-electron chi connectivity index (χ3n) is 4.41. The minimum Gasteiger partial charge on any atom is -0.348 e. The molecule has 2 aliphatic heterocycles. The molecule has 0 spiro atoms. The fourth-order valence-electron chi connectivity index (χ4n) is 3.29. The van der Waals surface area contributed by atoms with Crippen LogP contribution in [0.15, 0.2) is 24.3 Å². The molecule has 0 aromatic heterocycles. The van der Waals surface area contributed by atoms with Crippen molar-refractivity contribution < 1.29 is 14.3 Å². The summed E-state index contributed by atoms with van der Waals surface area (Å²) in [5, 5.41) is 0. The van der Waals surface area contributed by atoms with E-state index in [2.05, 4.69) is 31.2 Å². The predicted octanol–water partition coefficient (Wildman–Crippen LogP) is 2.98. The van der Waals surface area contributed by atoms with Gasteiger partial charge in [-0.3, -0.25) is 4.79 Å². The third kappa shape index (κ3) is 4.49. The Kier molecular flexibility index (Phi) is 5.97. The number of amides is 1. The fourth-order valence-corrected chi connectivity index (χ4v) is 4.15. The number of ether oxygens (including phenoxy) is 2. The molecule has 0 aliphatic carbocycles. The summed E-state index contributed by atoms with van der Waals surface area (Å²) in [6.45, 7) is 4.22. The summed E-state index contributed by atoms with van der Waals surface area (Å²) in [6, 6.07) is 8.57. The first-order chi connectivity index (χ1) is 11.2. The summed E-state index contributed by atoms with van der Waals surface area (Å²) in [5.41, 5.74) is 2.54. The molecule has 2 aliphatic rings. The van der Waals surface area contributed by atoms with E-state index in [0.717, 1.165) is 31.6 Å². The first-order valence-corrected chi connectivity index (χ1v) is 9.55. The molecule has 2 heterocycles. The number of carbonyl (C=O) groups is 1. The van der Waals surface area contributed by atoms with E-state index in [1.807, 2.05) is 4.90 Å². The topological polar surface area (TPSA) is 38.8 Å². The van der Waals surface area contributed by atoms with E-state index in [1.54, 1.807) is 11.8 Å². The molecule has 0 saturated carbocycles. The highest BCUT2D eigenvalue weighted by Gasteiger charge is 2.35. The lowest BCUT2D eigenvalue weighted by atomic mass is 10.0. The number of piperidine rings is 1. The van der Waals surface area contributed by atoms with E-state index < -0.39 is 0 Å². The molecule has 1 amide bonds. The average molecular weight is 335 g/mol. The maximum atomic E-state index is 12.6. The van der Waals surface area contributed by atoms with Gasteiger partial charge in [0.25, 0.3) is 0 Å². The Balaban J connectivity index is 1.51. The molecule has 2 fully saturated rings.